The molecule has 0 heterocycles. The van der Waals surface area contributed by atoms with Crippen LogP contribution in [0.1, 0.15) is 19.3 Å². The number of rotatable bonds is 0. The Labute approximate surface area is 55.6 Å². The molecule has 0 amide bonds. The van der Waals surface area contributed by atoms with E-state index in [1.165, 1.54) is 0 Å². The topological polar surface area (TPSA) is 78.1 Å². The Morgan fingerprint density at radius 2 is 1.56 bits per heavy atom. The molecule has 1 fully saturated rings. The van der Waals surface area contributed by atoms with Crippen molar-refractivity contribution < 1.29 is 0 Å². The maximum absolute atomic E-state index is 5.66. The normalized spacial score (nSPS) is 45.0. The zero-order valence-electron chi connectivity index (χ0n) is 5.59. The molecule has 0 spiro atoms. The van der Waals surface area contributed by atoms with Crippen molar-refractivity contribution in [3.8, 4) is 0 Å². The van der Waals surface area contributed by atoms with Crippen molar-refractivity contribution in [3.05, 3.63) is 0 Å². The molecule has 0 aromatic rings. The van der Waals surface area contributed by atoms with Crippen LogP contribution >= 0.6 is 0 Å². The molecule has 0 bridgehead atoms. The first-order valence-electron chi connectivity index (χ1n) is 3.47. The van der Waals surface area contributed by atoms with Gasteiger partial charge in [0.05, 0.1) is 0 Å². The molecule has 3 heteroatoms. The monoisotopic (exact) mass is 129 g/mol. The summed E-state index contributed by atoms with van der Waals surface area (Å²) in [6.07, 6.45) is 2.92. The molecule has 0 aromatic heterocycles. The summed E-state index contributed by atoms with van der Waals surface area (Å²) in [5.41, 5.74) is 17.0. The lowest BCUT2D eigenvalue weighted by atomic mass is 9.88. The first-order chi connectivity index (χ1) is 4.20. The fourth-order valence-corrected chi connectivity index (χ4v) is 1.26. The largest absolute Gasteiger partial charge is 0.328 e. The molecule has 0 aromatic carbocycles. The molecule has 54 valence electrons. The summed E-state index contributed by atoms with van der Waals surface area (Å²) in [5.74, 6) is 0. The minimum atomic E-state index is 0.133. The number of hydrogen-bond donors (Lipinski definition) is 3. The molecule has 1 aliphatic carbocycles. The van der Waals surface area contributed by atoms with Gasteiger partial charge in [-0.15, -0.1) is 0 Å². The van der Waals surface area contributed by atoms with E-state index in [4.69, 9.17) is 17.2 Å². The van der Waals surface area contributed by atoms with E-state index in [9.17, 15) is 0 Å². The van der Waals surface area contributed by atoms with Crippen molar-refractivity contribution in [1.82, 2.24) is 0 Å². The van der Waals surface area contributed by atoms with E-state index in [-0.39, 0.29) is 12.1 Å². The second-order valence-corrected chi connectivity index (χ2v) is 2.90. The second-order valence-electron chi connectivity index (χ2n) is 2.90. The maximum atomic E-state index is 5.66. The van der Waals surface area contributed by atoms with Crippen LogP contribution in [-0.4, -0.2) is 18.1 Å². The molecule has 1 rings (SSSR count). The first-order valence-corrected chi connectivity index (χ1v) is 3.47. The van der Waals surface area contributed by atoms with Crippen LogP contribution in [0.25, 0.3) is 0 Å². The van der Waals surface area contributed by atoms with E-state index in [1.807, 2.05) is 0 Å². The Morgan fingerprint density at radius 3 is 2.00 bits per heavy atom. The molecule has 9 heavy (non-hydrogen) atoms. The Hall–Kier alpha value is -0.120. The second kappa shape index (κ2) is 2.64. The molecule has 1 aliphatic rings. The van der Waals surface area contributed by atoms with Crippen LogP contribution in [0, 0.1) is 0 Å². The van der Waals surface area contributed by atoms with Gasteiger partial charge in [-0.05, 0) is 19.3 Å². The van der Waals surface area contributed by atoms with Gasteiger partial charge in [0.2, 0.25) is 0 Å². The quantitative estimate of drug-likeness (QED) is 0.399. The van der Waals surface area contributed by atoms with E-state index >= 15 is 0 Å². The van der Waals surface area contributed by atoms with Crippen molar-refractivity contribution in [3.63, 3.8) is 0 Å². The summed E-state index contributed by atoms with van der Waals surface area (Å²) < 4.78 is 0. The summed E-state index contributed by atoms with van der Waals surface area (Å²) in [4.78, 5) is 0. The predicted octanol–water partition coefficient (Wildman–Crippen LogP) is -0.848. The Kier molecular flexibility index (Phi) is 2.05. The highest BCUT2D eigenvalue weighted by Gasteiger charge is 2.22. The third-order valence-corrected chi connectivity index (χ3v) is 2.00. The first kappa shape index (κ1) is 6.99. The van der Waals surface area contributed by atoms with Gasteiger partial charge in [0.15, 0.2) is 0 Å². The molecule has 3 nitrogen and oxygen atoms in total. The lowest BCUT2D eigenvalue weighted by molar-refractivity contribution is 0.347. The van der Waals surface area contributed by atoms with Crippen molar-refractivity contribution in [2.24, 2.45) is 17.2 Å². The predicted molar refractivity (Wildman–Crippen MR) is 37.8 cm³/mol. The van der Waals surface area contributed by atoms with Crippen LogP contribution in [0.15, 0.2) is 0 Å². The third kappa shape index (κ3) is 1.64. The summed E-state index contributed by atoms with van der Waals surface area (Å²) in [5, 5.41) is 0. The standard InChI is InChI=1S/C6H15N3/c7-4-1-2-5(8)6(9)3-4/h4-6H,1-3,7-9H2. The van der Waals surface area contributed by atoms with Gasteiger partial charge in [-0.2, -0.15) is 0 Å². The molecule has 0 aliphatic heterocycles. The summed E-state index contributed by atoms with van der Waals surface area (Å²) in [6.45, 7) is 0. The molecule has 1 saturated carbocycles. The number of nitrogens with two attached hydrogens (primary N) is 3. The minimum Gasteiger partial charge on any atom is -0.328 e. The maximum Gasteiger partial charge on any atom is 0.0207 e. The van der Waals surface area contributed by atoms with Crippen molar-refractivity contribution in [2.75, 3.05) is 0 Å². The molecular formula is C6H15N3. The van der Waals surface area contributed by atoms with E-state index < -0.39 is 0 Å². The van der Waals surface area contributed by atoms with Crippen LogP contribution in [0.2, 0.25) is 0 Å². The fraction of sp³-hybridized carbons (Fsp3) is 1.00. The average Bonchev–Trinajstić information content (AvgIpc) is 1.80. The van der Waals surface area contributed by atoms with Crippen LogP contribution < -0.4 is 17.2 Å². The Morgan fingerprint density at radius 1 is 0.889 bits per heavy atom. The van der Waals surface area contributed by atoms with Crippen molar-refractivity contribution in [1.29, 1.82) is 0 Å². The average molecular weight is 129 g/mol. The summed E-state index contributed by atoms with van der Waals surface area (Å²) in [7, 11) is 0. The highest BCUT2D eigenvalue weighted by atomic mass is 14.8. The highest BCUT2D eigenvalue weighted by molar-refractivity contribution is 4.86. The van der Waals surface area contributed by atoms with Gasteiger partial charge in [0.1, 0.15) is 0 Å². The molecule has 6 N–H and O–H groups in total. The molecule has 0 saturated heterocycles. The van der Waals surface area contributed by atoms with E-state index in [0.29, 0.717) is 6.04 Å². The van der Waals surface area contributed by atoms with Crippen LogP contribution in [0.4, 0.5) is 0 Å². The van der Waals surface area contributed by atoms with Gasteiger partial charge in [0.25, 0.3) is 0 Å². The van der Waals surface area contributed by atoms with Crippen molar-refractivity contribution in [2.45, 2.75) is 37.4 Å². The van der Waals surface area contributed by atoms with Gasteiger partial charge in [0, 0.05) is 18.1 Å². The fourth-order valence-electron chi connectivity index (χ4n) is 1.26. The van der Waals surface area contributed by atoms with Gasteiger partial charge in [-0.25, -0.2) is 0 Å². The lowest BCUT2D eigenvalue weighted by Gasteiger charge is -2.29. The Balaban J connectivity index is 2.35. The van der Waals surface area contributed by atoms with Gasteiger partial charge < -0.3 is 17.2 Å². The van der Waals surface area contributed by atoms with Crippen LogP contribution in [-0.2, 0) is 0 Å². The smallest absolute Gasteiger partial charge is 0.0207 e. The lowest BCUT2D eigenvalue weighted by Crippen LogP contribution is -2.49. The minimum absolute atomic E-state index is 0.133. The summed E-state index contributed by atoms with van der Waals surface area (Å²) >= 11 is 0. The van der Waals surface area contributed by atoms with Crippen LogP contribution in [0.3, 0.4) is 0 Å². The number of hydrogen-bond acceptors (Lipinski definition) is 3. The van der Waals surface area contributed by atoms with E-state index in [0.717, 1.165) is 19.3 Å². The molecule has 3 unspecified atom stereocenters. The summed E-state index contributed by atoms with van der Waals surface area (Å²) in [6, 6.07) is 0.610. The molecular weight excluding hydrogens is 114 g/mol. The van der Waals surface area contributed by atoms with Gasteiger partial charge in [-0.3, -0.25) is 0 Å². The Bertz CT molecular complexity index is 94.3. The van der Waals surface area contributed by atoms with Crippen LogP contribution in [0.5, 0.6) is 0 Å². The zero-order valence-corrected chi connectivity index (χ0v) is 5.59. The van der Waals surface area contributed by atoms with Crippen molar-refractivity contribution >= 4 is 0 Å². The highest BCUT2D eigenvalue weighted by Crippen LogP contribution is 2.13. The molecule has 0 radical (unpaired) electrons. The molecule has 3 atom stereocenters. The third-order valence-electron chi connectivity index (χ3n) is 2.00. The van der Waals surface area contributed by atoms with E-state index in [1.54, 1.807) is 0 Å². The van der Waals surface area contributed by atoms with Gasteiger partial charge in [-0.1, -0.05) is 0 Å². The van der Waals surface area contributed by atoms with E-state index in [2.05, 4.69) is 0 Å². The SMILES string of the molecule is NC1CCC(N)C(N)C1. The zero-order chi connectivity index (χ0) is 6.85. The van der Waals surface area contributed by atoms with Gasteiger partial charge >= 0.3 is 0 Å².